The third kappa shape index (κ3) is 4.36. The molecule has 0 saturated heterocycles. The van der Waals surface area contributed by atoms with Crippen LogP contribution in [0.4, 0.5) is 5.82 Å². The van der Waals surface area contributed by atoms with Gasteiger partial charge in [-0.25, -0.2) is 4.98 Å². The number of anilines is 1. The van der Waals surface area contributed by atoms with Gasteiger partial charge in [0.2, 0.25) is 5.91 Å². The van der Waals surface area contributed by atoms with Gasteiger partial charge >= 0.3 is 0 Å². The minimum absolute atomic E-state index is 0.258. The van der Waals surface area contributed by atoms with Crippen LogP contribution in [0.2, 0.25) is 0 Å². The van der Waals surface area contributed by atoms with E-state index in [4.69, 9.17) is 4.52 Å². The van der Waals surface area contributed by atoms with Crippen molar-refractivity contribution in [2.75, 3.05) is 5.32 Å². The number of rotatable bonds is 5. The Morgan fingerprint density at radius 3 is 2.72 bits per heavy atom. The van der Waals surface area contributed by atoms with E-state index in [-0.39, 0.29) is 11.5 Å². The van der Waals surface area contributed by atoms with Gasteiger partial charge in [0.15, 0.2) is 11.0 Å². The lowest BCUT2D eigenvalue weighted by Crippen LogP contribution is -2.23. The summed E-state index contributed by atoms with van der Waals surface area (Å²) in [7, 11) is 0. The number of aromatic nitrogens is 3. The van der Waals surface area contributed by atoms with E-state index in [2.05, 4.69) is 20.4 Å². The fraction of sp³-hybridized carbons (Fsp3) is 0.176. The predicted octanol–water partition coefficient (Wildman–Crippen LogP) is 2.85. The first-order valence-electron chi connectivity index (χ1n) is 7.59. The normalized spacial score (nSPS) is 11.9. The first kappa shape index (κ1) is 17.0. The molecule has 3 aromatic rings. The van der Waals surface area contributed by atoms with Crippen LogP contribution in [0.5, 0.6) is 0 Å². The maximum Gasteiger partial charge on any atom is 0.252 e. The first-order valence-corrected chi connectivity index (χ1v) is 8.47. The molecule has 7 nitrogen and oxygen atoms in total. The predicted molar refractivity (Wildman–Crippen MR) is 95.5 cm³/mol. The number of benzene rings is 1. The van der Waals surface area contributed by atoms with Crippen LogP contribution in [-0.4, -0.2) is 26.3 Å². The summed E-state index contributed by atoms with van der Waals surface area (Å²) in [6.45, 7) is 3.46. The Bertz CT molecular complexity index is 936. The number of aryl methyl sites for hydroxylation is 1. The lowest BCUT2D eigenvalue weighted by atomic mass is 10.1. The molecule has 0 saturated carbocycles. The SMILES string of the molecule is Cc1cc(NC(=O)[C@@H](C)Sc2nc(-c3ccccc3)cc(=O)[nH]2)no1. The quantitative estimate of drug-likeness (QED) is 0.538. The summed E-state index contributed by atoms with van der Waals surface area (Å²) >= 11 is 1.16. The summed E-state index contributed by atoms with van der Waals surface area (Å²) in [5.74, 6) is 0.706. The number of hydrogen-bond donors (Lipinski definition) is 2. The highest BCUT2D eigenvalue weighted by atomic mass is 32.2. The number of hydrogen-bond acceptors (Lipinski definition) is 6. The van der Waals surface area contributed by atoms with Gasteiger partial charge < -0.3 is 14.8 Å². The van der Waals surface area contributed by atoms with Gasteiger partial charge in [-0.3, -0.25) is 9.59 Å². The maximum atomic E-state index is 12.2. The van der Waals surface area contributed by atoms with Crippen LogP contribution in [-0.2, 0) is 4.79 Å². The Labute approximate surface area is 147 Å². The highest BCUT2D eigenvalue weighted by molar-refractivity contribution is 8.00. The molecule has 2 heterocycles. The topological polar surface area (TPSA) is 101 Å². The van der Waals surface area contributed by atoms with E-state index < -0.39 is 5.25 Å². The molecule has 0 aliphatic carbocycles. The van der Waals surface area contributed by atoms with Crippen LogP contribution in [0.3, 0.4) is 0 Å². The van der Waals surface area contributed by atoms with Crippen molar-refractivity contribution < 1.29 is 9.32 Å². The molecule has 2 aromatic heterocycles. The van der Waals surface area contributed by atoms with Gasteiger partial charge in [0, 0.05) is 17.7 Å². The van der Waals surface area contributed by atoms with Gasteiger partial charge in [0.25, 0.3) is 5.56 Å². The van der Waals surface area contributed by atoms with Crippen molar-refractivity contribution in [3.8, 4) is 11.3 Å². The monoisotopic (exact) mass is 356 g/mol. The van der Waals surface area contributed by atoms with Crippen LogP contribution in [0, 0.1) is 6.92 Å². The number of aromatic amines is 1. The Kier molecular flexibility index (Phi) is 4.99. The molecule has 0 bridgehead atoms. The van der Waals surface area contributed by atoms with Crippen molar-refractivity contribution in [2.24, 2.45) is 0 Å². The maximum absolute atomic E-state index is 12.2. The van der Waals surface area contributed by atoms with E-state index in [1.54, 1.807) is 19.9 Å². The van der Waals surface area contributed by atoms with Crippen molar-refractivity contribution in [2.45, 2.75) is 24.3 Å². The van der Waals surface area contributed by atoms with Crippen molar-refractivity contribution in [3.63, 3.8) is 0 Å². The molecule has 0 radical (unpaired) electrons. The van der Waals surface area contributed by atoms with E-state index in [0.29, 0.717) is 22.4 Å². The molecule has 1 aromatic carbocycles. The van der Waals surface area contributed by atoms with E-state index in [0.717, 1.165) is 17.3 Å². The highest BCUT2D eigenvalue weighted by Crippen LogP contribution is 2.22. The second kappa shape index (κ2) is 7.35. The molecule has 0 unspecified atom stereocenters. The van der Waals surface area contributed by atoms with Gasteiger partial charge in [-0.15, -0.1) is 0 Å². The largest absolute Gasteiger partial charge is 0.360 e. The van der Waals surface area contributed by atoms with Gasteiger partial charge in [0.1, 0.15) is 5.76 Å². The zero-order valence-electron chi connectivity index (χ0n) is 13.6. The highest BCUT2D eigenvalue weighted by Gasteiger charge is 2.18. The molecular formula is C17H16N4O3S. The van der Waals surface area contributed by atoms with E-state index in [1.165, 1.54) is 6.07 Å². The summed E-state index contributed by atoms with van der Waals surface area (Å²) in [4.78, 5) is 31.2. The molecule has 25 heavy (non-hydrogen) atoms. The fourth-order valence-corrected chi connectivity index (χ4v) is 2.93. The molecule has 3 rings (SSSR count). The van der Waals surface area contributed by atoms with Gasteiger partial charge in [0.05, 0.1) is 10.9 Å². The van der Waals surface area contributed by atoms with Gasteiger partial charge in [-0.05, 0) is 13.8 Å². The van der Waals surface area contributed by atoms with Crippen LogP contribution in [0.1, 0.15) is 12.7 Å². The summed E-state index contributed by atoms with van der Waals surface area (Å²) in [6, 6.07) is 12.5. The number of carbonyl (C=O) groups is 1. The summed E-state index contributed by atoms with van der Waals surface area (Å²) in [5, 5.41) is 6.28. The lowest BCUT2D eigenvalue weighted by molar-refractivity contribution is -0.115. The average Bonchev–Trinajstić information content (AvgIpc) is 3.00. The molecule has 128 valence electrons. The molecule has 0 aliphatic rings. The molecular weight excluding hydrogens is 340 g/mol. The van der Waals surface area contributed by atoms with E-state index in [1.807, 2.05) is 30.3 Å². The summed E-state index contributed by atoms with van der Waals surface area (Å²) in [6.07, 6.45) is 0. The third-order valence-electron chi connectivity index (χ3n) is 3.33. The molecule has 0 aliphatic heterocycles. The van der Waals surface area contributed by atoms with Gasteiger partial charge in [-0.2, -0.15) is 0 Å². The van der Waals surface area contributed by atoms with Crippen LogP contribution >= 0.6 is 11.8 Å². The van der Waals surface area contributed by atoms with E-state index >= 15 is 0 Å². The molecule has 8 heteroatoms. The smallest absolute Gasteiger partial charge is 0.252 e. The van der Waals surface area contributed by atoms with Crippen molar-refractivity contribution >= 4 is 23.5 Å². The Morgan fingerprint density at radius 2 is 2.04 bits per heavy atom. The fourth-order valence-electron chi connectivity index (χ4n) is 2.12. The van der Waals surface area contributed by atoms with Gasteiger partial charge in [-0.1, -0.05) is 47.3 Å². The van der Waals surface area contributed by atoms with Crippen molar-refractivity contribution in [1.29, 1.82) is 0 Å². The van der Waals surface area contributed by atoms with Crippen LogP contribution in [0.15, 0.2) is 56.9 Å². The number of nitrogens with zero attached hydrogens (tertiary/aromatic N) is 2. The minimum atomic E-state index is -0.480. The number of carbonyl (C=O) groups excluding carboxylic acids is 1. The molecule has 1 amide bonds. The van der Waals surface area contributed by atoms with Crippen LogP contribution < -0.4 is 10.9 Å². The zero-order valence-corrected chi connectivity index (χ0v) is 14.5. The zero-order chi connectivity index (χ0) is 17.8. The molecule has 0 fully saturated rings. The van der Waals surface area contributed by atoms with Crippen molar-refractivity contribution in [3.05, 3.63) is 58.6 Å². The first-order chi connectivity index (χ1) is 12.0. The number of amides is 1. The second-order valence-corrected chi connectivity index (χ2v) is 6.70. The summed E-state index contributed by atoms with van der Waals surface area (Å²) < 4.78 is 4.91. The Balaban J connectivity index is 1.74. The van der Waals surface area contributed by atoms with Crippen molar-refractivity contribution in [1.82, 2.24) is 15.1 Å². The second-order valence-electron chi connectivity index (χ2n) is 5.37. The Morgan fingerprint density at radius 1 is 1.28 bits per heavy atom. The van der Waals surface area contributed by atoms with E-state index in [9.17, 15) is 9.59 Å². The lowest BCUT2D eigenvalue weighted by Gasteiger charge is -2.10. The van der Waals surface area contributed by atoms with Crippen LogP contribution in [0.25, 0.3) is 11.3 Å². The number of H-pyrrole nitrogens is 1. The molecule has 2 N–H and O–H groups in total. The average molecular weight is 356 g/mol. The number of nitrogens with one attached hydrogen (secondary N) is 2. The summed E-state index contributed by atoms with van der Waals surface area (Å²) in [5.41, 5.74) is 1.13. The standard InChI is InChI=1S/C17H16N4O3S/c1-10-8-14(21-24-10)19-16(23)11(2)25-17-18-13(9-15(22)20-17)12-6-4-3-5-7-12/h3-9,11H,1-2H3,(H,18,20,22)(H,19,21,23)/t11-/m1/s1. The Hall–Kier alpha value is -2.87. The third-order valence-corrected chi connectivity index (χ3v) is 4.31. The molecule has 0 spiro atoms. The minimum Gasteiger partial charge on any atom is -0.360 e. The molecule has 1 atom stereocenters. The number of thioether (sulfide) groups is 1.